The number of hydrogen-bond acceptors (Lipinski definition) is 2. The quantitative estimate of drug-likeness (QED) is 0.228. The smallest absolute Gasteiger partial charge is 0.112 e. The zero-order valence-corrected chi connectivity index (χ0v) is 24.0. The lowest BCUT2D eigenvalue weighted by Gasteiger charge is -2.23. The van der Waals surface area contributed by atoms with E-state index in [1.807, 2.05) is 24.3 Å². The van der Waals surface area contributed by atoms with Crippen molar-refractivity contribution in [3.05, 3.63) is 56.0 Å². The van der Waals surface area contributed by atoms with E-state index < -0.39 is 0 Å². The number of benzene rings is 2. The first-order valence-corrected chi connectivity index (χ1v) is 15.2. The van der Waals surface area contributed by atoms with E-state index in [0.29, 0.717) is 31.9 Å². The summed E-state index contributed by atoms with van der Waals surface area (Å²) in [6.45, 7) is 1.73. The molecule has 8 heteroatoms. The average Bonchev–Trinajstić information content (AvgIpc) is 3.43. The van der Waals surface area contributed by atoms with Crippen LogP contribution in [0.2, 0.25) is 20.1 Å². The van der Waals surface area contributed by atoms with Gasteiger partial charge in [0.25, 0.3) is 0 Å². The molecule has 0 amide bonds. The van der Waals surface area contributed by atoms with Crippen molar-refractivity contribution in [3.8, 4) is 0 Å². The third-order valence-corrected chi connectivity index (χ3v) is 9.79. The molecule has 2 aliphatic rings. The van der Waals surface area contributed by atoms with Crippen molar-refractivity contribution in [2.45, 2.75) is 95.6 Å². The first kappa shape index (κ1) is 25.8. The third-order valence-electron chi connectivity index (χ3n) is 8.34. The van der Waals surface area contributed by atoms with Crippen LogP contribution in [0.25, 0.3) is 22.1 Å². The molecule has 2 aliphatic carbocycles. The van der Waals surface area contributed by atoms with Gasteiger partial charge in [0.15, 0.2) is 0 Å². The van der Waals surface area contributed by atoms with E-state index >= 15 is 0 Å². The van der Waals surface area contributed by atoms with E-state index in [2.05, 4.69) is 9.13 Å². The maximum atomic E-state index is 6.46. The van der Waals surface area contributed by atoms with E-state index in [4.69, 9.17) is 56.4 Å². The van der Waals surface area contributed by atoms with Gasteiger partial charge in [0.1, 0.15) is 11.6 Å². The highest BCUT2D eigenvalue weighted by molar-refractivity contribution is 6.43. The van der Waals surface area contributed by atoms with Crippen LogP contribution in [0.3, 0.4) is 0 Å². The van der Waals surface area contributed by atoms with Gasteiger partial charge in [0.2, 0.25) is 0 Å². The number of hydrogen-bond donors (Lipinski definition) is 0. The Labute approximate surface area is 238 Å². The summed E-state index contributed by atoms with van der Waals surface area (Å²) in [5.74, 6) is 3.36. The van der Waals surface area contributed by atoms with Crippen LogP contribution in [0.1, 0.15) is 94.1 Å². The minimum absolute atomic E-state index is 0.492. The summed E-state index contributed by atoms with van der Waals surface area (Å²) in [5, 5.41) is 2.28. The lowest BCUT2D eigenvalue weighted by Crippen LogP contribution is -2.15. The summed E-state index contributed by atoms with van der Waals surface area (Å²) in [5.41, 5.74) is 4.03. The third kappa shape index (κ3) is 5.12. The van der Waals surface area contributed by atoms with E-state index in [-0.39, 0.29) is 0 Å². The first-order valence-electron chi connectivity index (χ1n) is 13.7. The van der Waals surface area contributed by atoms with E-state index in [1.165, 1.54) is 75.9 Å². The van der Waals surface area contributed by atoms with Crippen LogP contribution in [0.4, 0.5) is 0 Å². The monoisotopic (exact) mass is 576 g/mol. The molecule has 2 saturated carbocycles. The molecule has 196 valence electrons. The zero-order chi connectivity index (χ0) is 25.5. The molecule has 37 heavy (non-hydrogen) atoms. The Morgan fingerprint density at radius 1 is 0.568 bits per heavy atom. The number of nitrogens with zero attached hydrogens (tertiary/aromatic N) is 4. The molecule has 0 bridgehead atoms. The van der Waals surface area contributed by atoms with E-state index in [9.17, 15) is 0 Å². The number of imidazole rings is 2. The molecule has 0 N–H and O–H groups in total. The normalized spacial score (nSPS) is 17.8. The Morgan fingerprint density at radius 2 is 0.946 bits per heavy atom. The summed E-state index contributed by atoms with van der Waals surface area (Å²) < 4.78 is 4.80. The van der Waals surface area contributed by atoms with Gasteiger partial charge >= 0.3 is 0 Å². The van der Waals surface area contributed by atoms with E-state index in [1.54, 1.807) is 0 Å². The molecule has 0 saturated heterocycles. The Bertz CT molecular complexity index is 1320. The predicted molar refractivity (Wildman–Crippen MR) is 156 cm³/mol. The highest BCUT2D eigenvalue weighted by Gasteiger charge is 2.25. The van der Waals surface area contributed by atoms with Gasteiger partial charge in [-0.3, -0.25) is 0 Å². The van der Waals surface area contributed by atoms with Gasteiger partial charge in [-0.1, -0.05) is 84.9 Å². The Morgan fingerprint density at radius 3 is 1.35 bits per heavy atom. The molecule has 0 radical (unpaired) electrons. The summed E-state index contributed by atoms with van der Waals surface area (Å²) in [4.78, 5) is 10.2. The molecule has 0 spiro atoms. The van der Waals surface area contributed by atoms with Crippen molar-refractivity contribution in [3.63, 3.8) is 0 Å². The van der Waals surface area contributed by atoms with Crippen molar-refractivity contribution in [1.82, 2.24) is 19.1 Å². The summed E-state index contributed by atoms with van der Waals surface area (Å²) in [6, 6.07) is 7.80. The van der Waals surface area contributed by atoms with E-state index in [0.717, 1.165) is 41.6 Å². The topological polar surface area (TPSA) is 35.6 Å². The van der Waals surface area contributed by atoms with Crippen molar-refractivity contribution in [2.75, 3.05) is 0 Å². The molecule has 2 fully saturated rings. The van der Waals surface area contributed by atoms with Crippen molar-refractivity contribution >= 4 is 68.5 Å². The van der Waals surface area contributed by atoms with Gasteiger partial charge in [-0.05, 0) is 56.4 Å². The maximum absolute atomic E-state index is 6.46. The second-order valence-corrected chi connectivity index (χ2v) is 12.4. The highest BCUT2D eigenvalue weighted by Crippen LogP contribution is 2.38. The number of aryl methyl sites for hydroxylation is 2. The molecular formula is C29H32Cl4N4. The fourth-order valence-corrected chi connectivity index (χ4v) is 7.11. The summed E-state index contributed by atoms with van der Waals surface area (Å²) >= 11 is 25.7. The predicted octanol–water partition coefficient (Wildman–Crippen LogP) is 10.2. The lowest BCUT2D eigenvalue weighted by molar-refractivity contribution is 0.405. The molecule has 2 aromatic carbocycles. The molecular weight excluding hydrogens is 546 g/mol. The SMILES string of the molecule is Clc1cc2nc(C3CCCCC3)n(CCCn3c(C4CCCCC4)nc4cc(Cl)c(Cl)cc43)c2cc1Cl. The fourth-order valence-electron chi connectivity index (χ4n) is 6.48. The molecule has 0 unspecified atom stereocenters. The number of halogens is 4. The molecule has 4 nitrogen and oxygen atoms in total. The number of fused-ring (bicyclic) bond motifs is 2. The molecule has 6 rings (SSSR count). The second kappa shape index (κ2) is 11.0. The number of rotatable bonds is 6. The van der Waals surface area contributed by atoms with Crippen molar-refractivity contribution in [2.24, 2.45) is 0 Å². The first-order chi connectivity index (χ1) is 18.0. The summed E-state index contributed by atoms with van der Waals surface area (Å²) in [7, 11) is 0. The van der Waals surface area contributed by atoms with Crippen LogP contribution in [0.5, 0.6) is 0 Å². The molecule has 0 atom stereocenters. The van der Waals surface area contributed by atoms with Gasteiger partial charge in [0, 0.05) is 24.9 Å². The molecule has 2 heterocycles. The van der Waals surface area contributed by atoms with Crippen LogP contribution in [0, 0.1) is 0 Å². The van der Waals surface area contributed by atoms with Crippen LogP contribution < -0.4 is 0 Å². The van der Waals surface area contributed by atoms with Gasteiger partial charge in [-0.2, -0.15) is 0 Å². The average molecular weight is 578 g/mol. The molecule has 2 aromatic heterocycles. The van der Waals surface area contributed by atoms with Crippen molar-refractivity contribution in [1.29, 1.82) is 0 Å². The Hall–Kier alpha value is -1.46. The van der Waals surface area contributed by atoms with Gasteiger partial charge in [-0.25, -0.2) is 9.97 Å². The minimum atomic E-state index is 0.492. The number of aromatic nitrogens is 4. The van der Waals surface area contributed by atoms with Gasteiger partial charge in [0.05, 0.1) is 42.2 Å². The Balaban J connectivity index is 1.34. The fraction of sp³-hybridized carbons (Fsp3) is 0.517. The van der Waals surface area contributed by atoms with Crippen LogP contribution >= 0.6 is 46.4 Å². The highest BCUT2D eigenvalue weighted by atomic mass is 35.5. The lowest BCUT2D eigenvalue weighted by atomic mass is 9.88. The van der Waals surface area contributed by atoms with Crippen molar-refractivity contribution < 1.29 is 0 Å². The van der Waals surface area contributed by atoms with Crippen LogP contribution in [-0.2, 0) is 13.1 Å². The molecule has 4 aromatic rings. The summed E-state index contributed by atoms with van der Waals surface area (Å²) in [6.07, 6.45) is 13.5. The van der Waals surface area contributed by atoms with Crippen LogP contribution in [-0.4, -0.2) is 19.1 Å². The maximum Gasteiger partial charge on any atom is 0.112 e. The van der Waals surface area contributed by atoms with Gasteiger partial charge in [-0.15, -0.1) is 0 Å². The van der Waals surface area contributed by atoms with Gasteiger partial charge < -0.3 is 9.13 Å². The largest absolute Gasteiger partial charge is 0.328 e. The zero-order valence-electron chi connectivity index (χ0n) is 21.0. The Kier molecular flexibility index (Phi) is 7.64. The second-order valence-electron chi connectivity index (χ2n) is 10.8. The minimum Gasteiger partial charge on any atom is -0.328 e. The van der Waals surface area contributed by atoms with Crippen LogP contribution in [0.15, 0.2) is 24.3 Å². The molecule has 0 aliphatic heterocycles. The standard InChI is InChI=1S/C29H32Cl4N4/c30-20-14-24-26(16-22(20)32)36(28(34-24)18-8-3-1-4-9-18)12-7-13-37-27-17-23(33)21(31)15-25(27)35-29(37)19-10-5-2-6-11-19/h14-19H,1-13H2.